The quantitative estimate of drug-likeness (QED) is 0.739. The molecule has 1 aromatic heterocycles. The molecule has 0 bridgehead atoms. The van der Waals surface area contributed by atoms with Crippen molar-refractivity contribution in [3.05, 3.63) is 48.0 Å². The molecule has 1 aliphatic rings. The molecule has 0 radical (unpaired) electrons. The molecule has 3 rings (SSSR count). The van der Waals surface area contributed by atoms with Crippen LogP contribution in [0.15, 0.2) is 36.8 Å². The van der Waals surface area contributed by atoms with E-state index in [0.717, 1.165) is 24.0 Å². The second-order valence-electron chi connectivity index (χ2n) is 4.03. The molecular weight excluding hydrogens is 216 g/mol. The lowest BCUT2D eigenvalue weighted by molar-refractivity contribution is 0.111. The zero-order valence-corrected chi connectivity index (χ0v) is 9.24. The third-order valence-electron chi connectivity index (χ3n) is 3.08. The van der Waals surface area contributed by atoms with Crippen LogP contribution in [0.25, 0.3) is 0 Å². The molecule has 4 heteroatoms. The van der Waals surface area contributed by atoms with E-state index < -0.39 is 0 Å². The van der Waals surface area contributed by atoms with Crippen LogP contribution in [0.5, 0.6) is 5.75 Å². The highest BCUT2D eigenvalue weighted by molar-refractivity contribution is 5.71. The number of hydrogen-bond donors (Lipinski definition) is 0. The smallest absolute Gasteiger partial charge is 0.168 e. The Kier molecular flexibility index (Phi) is 2.40. The van der Waals surface area contributed by atoms with Crippen molar-refractivity contribution in [1.82, 2.24) is 9.55 Å². The van der Waals surface area contributed by atoms with Crippen LogP contribution in [0.2, 0.25) is 0 Å². The number of imidazole rings is 1. The minimum atomic E-state index is 0.141. The van der Waals surface area contributed by atoms with E-state index in [1.54, 1.807) is 12.5 Å². The average Bonchev–Trinajstić information content (AvgIpc) is 2.86. The van der Waals surface area contributed by atoms with Gasteiger partial charge in [0.05, 0.1) is 25.2 Å². The Bertz CT molecular complexity index is 548. The van der Waals surface area contributed by atoms with Crippen LogP contribution in [0.1, 0.15) is 28.5 Å². The summed E-state index contributed by atoms with van der Waals surface area (Å²) in [5.41, 5.74) is 1.71. The summed E-state index contributed by atoms with van der Waals surface area (Å²) in [6.45, 7) is 0.665. The number of para-hydroxylation sites is 1. The monoisotopic (exact) mass is 228 g/mol. The lowest BCUT2D eigenvalue weighted by Gasteiger charge is -2.27. The second kappa shape index (κ2) is 4.05. The molecule has 17 heavy (non-hydrogen) atoms. The number of ether oxygens (including phenoxy) is 1. The molecule has 2 heterocycles. The predicted octanol–water partition coefficient (Wildman–Crippen LogP) is 2.07. The number of rotatable bonds is 2. The number of aldehydes is 1. The molecule has 0 N–H and O–H groups in total. The Morgan fingerprint density at radius 3 is 3.18 bits per heavy atom. The molecule has 2 aromatic rings. The number of carbonyl (C=O) groups is 1. The van der Waals surface area contributed by atoms with Crippen LogP contribution < -0.4 is 4.74 Å². The first-order valence-electron chi connectivity index (χ1n) is 5.59. The van der Waals surface area contributed by atoms with Gasteiger partial charge in [-0.1, -0.05) is 18.2 Å². The van der Waals surface area contributed by atoms with Crippen LogP contribution in [-0.4, -0.2) is 22.4 Å². The summed E-state index contributed by atoms with van der Waals surface area (Å²) < 4.78 is 7.51. The summed E-state index contributed by atoms with van der Waals surface area (Å²) in [5, 5.41) is 0. The fourth-order valence-electron chi connectivity index (χ4n) is 2.28. The van der Waals surface area contributed by atoms with E-state index in [1.165, 1.54) is 0 Å². The fourth-order valence-corrected chi connectivity index (χ4v) is 2.28. The van der Waals surface area contributed by atoms with Crippen molar-refractivity contribution in [3.8, 4) is 5.75 Å². The van der Waals surface area contributed by atoms with Gasteiger partial charge in [0, 0.05) is 12.0 Å². The standard InChI is InChI=1S/C13H12N2O2/c16-8-10-7-14-9-15(10)12-5-6-17-13-4-2-1-3-11(12)13/h1-4,7-9,12H,5-6H2. The molecule has 0 spiro atoms. The van der Waals surface area contributed by atoms with Crippen molar-refractivity contribution in [2.75, 3.05) is 6.61 Å². The van der Waals surface area contributed by atoms with E-state index in [0.29, 0.717) is 12.3 Å². The Morgan fingerprint density at radius 1 is 1.41 bits per heavy atom. The van der Waals surface area contributed by atoms with Gasteiger partial charge in [0.1, 0.15) is 11.4 Å². The summed E-state index contributed by atoms with van der Waals surface area (Å²) in [6, 6.07) is 8.07. The van der Waals surface area contributed by atoms with E-state index in [-0.39, 0.29) is 6.04 Å². The normalized spacial score (nSPS) is 18.2. The summed E-state index contributed by atoms with van der Waals surface area (Å²) in [5.74, 6) is 0.897. The maximum absolute atomic E-state index is 11.0. The predicted molar refractivity (Wildman–Crippen MR) is 62.3 cm³/mol. The van der Waals surface area contributed by atoms with Gasteiger partial charge in [-0.2, -0.15) is 0 Å². The molecule has 86 valence electrons. The van der Waals surface area contributed by atoms with E-state index in [4.69, 9.17) is 4.74 Å². The summed E-state index contributed by atoms with van der Waals surface area (Å²) in [4.78, 5) is 15.0. The van der Waals surface area contributed by atoms with Crippen molar-refractivity contribution in [2.45, 2.75) is 12.5 Å². The van der Waals surface area contributed by atoms with Gasteiger partial charge in [-0.15, -0.1) is 0 Å². The molecule has 1 aliphatic heterocycles. The van der Waals surface area contributed by atoms with Gasteiger partial charge in [0.25, 0.3) is 0 Å². The number of benzene rings is 1. The molecule has 0 aliphatic carbocycles. The molecule has 0 saturated heterocycles. The SMILES string of the molecule is O=Cc1cncn1C1CCOc2ccccc21. The zero-order chi connectivity index (χ0) is 11.7. The third-order valence-corrected chi connectivity index (χ3v) is 3.08. The number of fused-ring (bicyclic) bond motifs is 1. The molecule has 1 aromatic carbocycles. The Morgan fingerprint density at radius 2 is 2.29 bits per heavy atom. The zero-order valence-electron chi connectivity index (χ0n) is 9.24. The molecule has 0 saturated carbocycles. The van der Waals surface area contributed by atoms with E-state index in [9.17, 15) is 4.79 Å². The minimum Gasteiger partial charge on any atom is -0.493 e. The van der Waals surface area contributed by atoms with Gasteiger partial charge in [0.15, 0.2) is 6.29 Å². The van der Waals surface area contributed by atoms with Gasteiger partial charge in [-0.05, 0) is 6.07 Å². The summed E-state index contributed by atoms with van der Waals surface area (Å²) in [6.07, 6.45) is 4.99. The first-order valence-corrected chi connectivity index (χ1v) is 5.59. The Labute approximate surface area is 98.9 Å². The van der Waals surface area contributed by atoms with Gasteiger partial charge in [-0.25, -0.2) is 4.98 Å². The van der Waals surface area contributed by atoms with Crippen molar-refractivity contribution in [1.29, 1.82) is 0 Å². The van der Waals surface area contributed by atoms with Crippen LogP contribution >= 0.6 is 0 Å². The first-order chi connectivity index (χ1) is 8.40. The number of nitrogens with zero attached hydrogens (tertiary/aromatic N) is 2. The summed E-state index contributed by atoms with van der Waals surface area (Å²) in [7, 11) is 0. The highest BCUT2D eigenvalue weighted by Gasteiger charge is 2.23. The molecule has 0 fully saturated rings. The average molecular weight is 228 g/mol. The van der Waals surface area contributed by atoms with Gasteiger partial charge in [-0.3, -0.25) is 4.79 Å². The van der Waals surface area contributed by atoms with Crippen LogP contribution in [0.4, 0.5) is 0 Å². The molecule has 1 unspecified atom stereocenters. The Hall–Kier alpha value is -2.10. The topological polar surface area (TPSA) is 44.1 Å². The van der Waals surface area contributed by atoms with Crippen molar-refractivity contribution in [3.63, 3.8) is 0 Å². The van der Waals surface area contributed by atoms with Crippen molar-refractivity contribution >= 4 is 6.29 Å². The van der Waals surface area contributed by atoms with E-state index >= 15 is 0 Å². The lowest BCUT2D eigenvalue weighted by Crippen LogP contribution is -2.21. The summed E-state index contributed by atoms with van der Waals surface area (Å²) >= 11 is 0. The second-order valence-corrected chi connectivity index (χ2v) is 4.03. The maximum Gasteiger partial charge on any atom is 0.168 e. The number of carbonyl (C=O) groups excluding carboxylic acids is 1. The van der Waals surface area contributed by atoms with E-state index in [1.807, 2.05) is 28.8 Å². The van der Waals surface area contributed by atoms with Crippen LogP contribution in [0, 0.1) is 0 Å². The van der Waals surface area contributed by atoms with Crippen molar-refractivity contribution < 1.29 is 9.53 Å². The maximum atomic E-state index is 11.0. The van der Waals surface area contributed by atoms with Gasteiger partial charge < -0.3 is 9.30 Å². The largest absolute Gasteiger partial charge is 0.493 e. The minimum absolute atomic E-state index is 0.141. The van der Waals surface area contributed by atoms with Gasteiger partial charge >= 0.3 is 0 Å². The first kappa shape index (κ1) is 10.1. The number of hydrogen-bond acceptors (Lipinski definition) is 3. The van der Waals surface area contributed by atoms with Crippen molar-refractivity contribution in [2.24, 2.45) is 0 Å². The highest BCUT2D eigenvalue weighted by Crippen LogP contribution is 2.34. The fraction of sp³-hybridized carbons (Fsp3) is 0.231. The van der Waals surface area contributed by atoms with Crippen LogP contribution in [-0.2, 0) is 0 Å². The molecule has 0 amide bonds. The molecule has 1 atom stereocenters. The Balaban J connectivity index is 2.09. The lowest BCUT2D eigenvalue weighted by atomic mass is 10.0. The van der Waals surface area contributed by atoms with Crippen LogP contribution in [0.3, 0.4) is 0 Å². The highest BCUT2D eigenvalue weighted by atomic mass is 16.5. The number of aromatic nitrogens is 2. The molecule has 4 nitrogen and oxygen atoms in total. The third kappa shape index (κ3) is 1.62. The molecular formula is C13H12N2O2. The van der Waals surface area contributed by atoms with Gasteiger partial charge in [0.2, 0.25) is 0 Å². The van der Waals surface area contributed by atoms with E-state index in [2.05, 4.69) is 4.98 Å².